The van der Waals surface area contributed by atoms with Crippen LogP contribution in [0, 0.1) is 5.92 Å². The Morgan fingerprint density at radius 1 is 1.40 bits per heavy atom. The number of amides is 2. The predicted octanol–water partition coefficient (Wildman–Crippen LogP) is 2.39. The molecule has 1 unspecified atom stereocenters. The number of hydrogen-bond donors (Lipinski definition) is 2. The van der Waals surface area contributed by atoms with Gasteiger partial charge in [-0.1, -0.05) is 18.5 Å². The van der Waals surface area contributed by atoms with Crippen LogP contribution >= 0.6 is 11.6 Å². The SMILES string of the molecule is COCCNC(=O)c1ccc(NCC(=O)N2CCCC(C)C2)cc1Cl. The van der Waals surface area contributed by atoms with Crippen molar-refractivity contribution >= 4 is 29.1 Å². The monoisotopic (exact) mass is 367 g/mol. The first kappa shape index (κ1) is 19.5. The zero-order valence-electron chi connectivity index (χ0n) is 14.8. The Kier molecular flexibility index (Phi) is 7.52. The fourth-order valence-electron chi connectivity index (χ4n) is 2.88. The number of carbonyl (C=O) groups excluding carboxylic acids is 2. The fourth-order valence-corrected chi connectivity index (χ4v) is 3.14. The number of nitrogens with zero attached hydrogens (tertiary/aromatic N) is 1. The summed E-state index contributed by atoms with van der Waals surface area (Å²) in [5, 5.41) is 6.16. The summed E-state index contributed by atoms with van der Waals surface area (Å²) < 4.78 is 4.89. The highest BCUT2D eigenvalue weighted by atomic mass is 35.5. The second kappa shape index (κ2) is 9.63. The van der Waals surface area contributed by atoms with Crippen molar-refractivity contribution in [1.29, 1.82) is 0 Å². The number of piperidine rings is 1. The van der Waals surface area contributed by atoms with E-state index in [9.17, 15) is 9.59 Å². The normalized spacial score (nSPS) is 17.2. The second-order valence-electron chi connectivity index (χ2n) is 6.38. The van der Waals surface area contributed by atoms with Crippen molar-refractivity contribution < 1.29 is 14.3 Å². The van der Waals surface area contributed by atoms with Crippen molar-refractivity contribution in [3.63, 3.8) is 0 Å². The average molecular weight is 368 g/mol. The molecular weight excluding hydrogens is 342 g/mol. The molecule has 1 fully saturated rings. The van der Waals surface area contributed by atoms with Crippen LogP contribution in [0.5, 0.6) is 0 Å². The fraction of sp³-hybridized carbons (Fsp3) is 0.556. The Hall–Kier alpha value is -1.79. The number of ether oxygens (including phenoxy) is 1. The lowest BCUT2D eigenvalue weighted by atomic mass is 10.0. The summed E-state index contributed by atoms with van der Waals surface area (Å²) >= 11 is 6.19. The number of halogens is 1. The highest BCUT2D eigenvalue weighted by Crippen LogP contribution is 2.21. The van der Waals surface area contributed by atoms with E-state index in [4.69, 9.17) is 16.3 Å². The smallest absolute Gasteiger partial charge is 0.252 e. The van der Waals surface area contributed by atoms with Gasteiger partial charge in [-0.05, 0) is 37.0 Å². The molecule has 0 aromatic heterocycles. The highest BCUT2D eigenvalue weighted by molar-refractivity contribution is 6.34. The highest BCUT2D eigenvalue weighted by Gasteiger charge is 2.20. The second-order valence-corrected chi connectivity index (χ2v) is 6.79. The number of rotatable bonds is 7. The van der Waals surface area contributed by atoms with E-state index in [1.807, 2.05) is 4.90 Å². The van der Waals surface area contributed by atoms with Crippen molar-refractivity contribution in [2.45, 2.75) is 19.8 Å². The molecule has 1 aliphatic heterocycles. The molecule has 0 saturated carbocycles. The summed E-state index contributed by atoms with van der Waals surface area (Å²) in [4.78, 5) is 26.2. The molecule has 0 radical (unpaired) electrons. The molecule has 2 rings (SSSR count). The molecule has 6 nitrogen and oxygen atoms in total. The zero-order chi connectivity index (χ0) is 18.2. The lowest BCUT2D eigenvalue weighted by Crippen LogP contribution is -2.41. The molecule has 0 spiro atoms. The minimum absolute atomic E-state index is 0.0871. The van der Waals surface area contributed by atoms with E-state index >= 15 is 0 Å². The van der Waals surface area contributed by atoms with Gasteiger partial charge in [0.05, 0.1) is 23.7 Å². The van der Waals surface area contributed by atoms with Crippen LogP contribution < -0.4 is 10.6 Å². The van der Waals surface area contributed by atoms with Crippen LogP contribution in [0.2, 0.25) is 5.02 Å². The summed E-state index contributed by atoms with van der Waals surface area (Å²) in [6.07, 6.45) is 2.24. The third-order valence-electron chi connectivity index (χ3n) is 4.26. The maximum absolute atomic E-state index is 12.3. The van der Waals surface area contributed by atoms with Gasteiger partial charge in [-0.3, -0.25) is 9.59 Å². The first-order valence-corrected chi connectivity index (χ1v) is 8.97. The van der Waals surface area contributed by atoms with Crippen LogP contribution in [0.25, 0.3) is 0 Å². The van der Waals surface area contributed by atoms with Gasteiger partial charge < -0.3 is 20.3 Å². The van der Waals surface area contributed by atoms with Crippen LogP contribution in [0.4, 0.5) is 5.69 Å². The minimum atomic E-state index is -0.244. The van der Waals surface area contributed by atoms with E-state index < -0.39 is 0 Å². The molecule has 1 atom stereocenters. The first-order chi connectivity index (χ1) is 12.0. The standard InChI is InChI=1S/C18H26ClN3O3/c1-13-4-3-8-22(12-13)17(23)11-21-14-5-6-15(16(19)10-14)18(24)20-7-9-25-2/h5-6,10,13,21H,3-4,7-9,11-12H2,1-2H3,(H,20,24). The molecule has 0 bridgehead atoms. The number of anilines is 1. The maximum atomic E-state index is 12.3. The number of benzene rings is 1. The lowest BCUT2D eigenvalue weighted by molar-refractivity contribution is -0.130. The molecule has 1 heterocycles. The first-order valence-electron chi connectivity index (χ1n) is 8.59. The van der Waals surface area contributed by atoms with E-state index in [1.54, 1.807) is 25.3 Å². The van der Waals surface area contributed by atoms with Gasteiger partial charge in [-0.15, -0.1) is 0 Å². The van der Waals surface area contributed by atoms with Crippen molar-refractivity contribution in [3.05, 3.63) is 28.8 Å². The van der Waals surface area contributed by atoms with Gasteiger partial charge in [0, 0.05) is 32.4 Å². The molecule has 2 amide bonds. The van der Waals surface area contributed by atoms with E-state index in [0.29, 0.717) is 29.7 Å². The summed E-state index contributed by atoms with van der Waals surface area (Å²) in [5.74, 6) is 0.402. The Balaban J connectivity index is 1.87. The molecule has 2 N–H and O–H groups in total. The Labute approximate surface area is 153 Å². The molecule has 1 aliphatic rings. The quantitative estimate of drug-likeness (QED) is 0.726. The predicted molar refractivity (Wildman–Crippen MR) is 99.1 cm³/mol. The molecule has 1 aromatic carbocycles. The van der Waals surface area contributed by atoms with E-state index in [-0.39, 0.29) is 18.4 Å². The van der Waals surface area contributed by atoms with E-state index in [2.05, 4.69) is 17.6 Å². The Bertz CT molecular complexity index is 609. The maximum Gasteiger partial charge on any atom is 0.252 e. The molecule has 7 heteroatoms. The van der Waals surface area contributed by atoms with Gasteiger partial charge >= 0.3 is 0 Å². The number of carbonyl (C=O) groups is 2. The molecular formula is C18H26ClN3O3. The summed E-state index contributed by atoms with van der Waals surface area (Å²) in [6, 6.07) is 5.07. The van der Waals surface area contributed by atoms with Gasteiger partial charge in [0.1, 0.15) is 0 Å². The van der Waals surface area contributed by atoms with Crippen molar-refractivity contribution in [2.75, 3.05) is 45.2 Å². The minimum Gasteiger partial charge on any atom is -0.383 e. The van der Waals surface area contributed by atoms with Crippen LogP contribution in [0.1, 0.15) is 30.1 Å². The van der Waals surface area contributed by atoms with Gasteiger partial charge in [-0.25, -0.2) is 0 Å². The Morgan fingerprint density at radius 2 is 2.20 bits per heavy atom. The number of nitrogens with one attached hydrogen (secondary N) is 2. The molecule has 138 valence electrons. The van der Waals surface area contributed by atoms with Crippen LogP contribution in [-0.2, 0) is 9.53 Å². The van der Waals surface area contributed by atoms with Gasteiger partial charge in [0.15, 0.2) is 0 Å². The number of likely N-dealkylation sites (tertiary alicyclic amines) is 1. The van der Waals surface area contributed by atoms with Gasteiger partial charge in [0.25, 0.3) is 5.91 Å². The number of hydrogen-bond acceptors (Lipinski definition) is 4. The zero-order valence-corrected chi connectivity index (χ0v) is 15.6. The molecule has 1 saturated heterocycles. The molecule has 25 heavy (non-hydrogen) atoms. The third kappa shape index (κ3) is 5.90. The van der Waals surface area contributed by atoms with E-state index in [1.165, 1.54) is 6.42 Å². The van der Waals surface area contributed by atoms with Crippen LogP contribution in [0.3, 0.4) is 0 Å². The van der Waals surface area contributed by atoms with Gasteiger partial charge in [0.2, 0.25) is 5.91 Å². The molecule has 1 aromatic rings. The average Bonchev–Trinajstić information content (AvgIpc) is 2.59. The largest absolute Gasteiger partial charge is 0.383 e. The van der Waals surface area contributed by atoms with E-state index in [0.717, 1.165) is 25.2 Å². The topological polar surface area (TPSA) is 70.7 Å². The summed E-state index contributed by atoms with van der Waals surface area (Å²) in [5.41, 5.74) is 1.12. The number of methoxy groups -OCH3 is 1. The van der Waals surface area contributed by atoms with Crippen LogP contribution in [-0.4, -0.2) is 56.6 Å². The van der Waals surface area contributed by atoms with Crippen molar-refractivity contribution in [3.8, 4) is 0 Å². The van der Waals surface area contributed by atoms with Crippen molar-refractivity contribution in [2.24, 2.45) is 5.92 Å². The lowest BCUT2D eigenvalue weighted by Gasteiger charge is -2.31. The van der Waals surface area contributed by atoms with Gasteiger partial charge in [-0.2, -0.15) is 0 Å². The molecule has 0 aliphatic carbocycles. The Morgan fingerprint density at radius 3 is 2.88 bits per heavy atom. The summed E-state index contributed by atoms with van der Waals surface area (Å²) in [6.45, 7) is 4.91. The van der Waals surface area contributed by atoms with Crippen LogP contribution in [0.15, 0.2) is 18.2 Å². The third-order valence-corrected chi connectivity index (χ3v) is 4.57. The van der Waals surface area contributed by atoms with Crippen molar-refractivity contribution in [1.82, 2.24) is 10.2 Å². The summed E-state index contributed by atoms with van der Waals surface area (Å²) in [7, 11) is 1.57.